The van der Waals surface area contributed by atoms with Gasteiger partial charge in [-0.2, -0.15) is 0 Å². The summed E-state index contributed by atoms with van der Waals surface area (Å²) < 4.78 is 0. The Bertz CT molecular complexity index is 1340. The molecule has 4 aromatic rings. The molecule has 0 amide bonds. The van der Waals surface area contributed by atoms with E-state index >= 15 is 0 Å². The molecule has 0 atom stereocenters. The molecule has 0 aromatic heterocycles. The van der Waals surface area contributed by atoms with Crippen LogP contribution in [0.15, 0.2) is 138 Å². The van der Waals surface area contributed by atoms with Crippen LogP contribution in [0.2, 0.25) is 0 Å². The van der Waals surface area contributed by atoms with E-state index in [0.29, 0.717) is 0 Å². The van der Waals surface area contributed by atoms with Gasteiger partial charge in [0.1, 0.15) is 0 Å². The molecule has 1 aliphatic heterocycles. The Balaban J connectivity index is 1.80. The van der Waals surface area contributed by atoms with Crippen molar-refractivity contribution in [1.82, 2.24) is 0 Å². The Labute approximate surface area is 189 Å². The molecule has 0 unspecified atom stereocenters. The lowest BCUT2D eigenvalue weighted by Gasteiger charge is -2.33. The summed E-state index contributed by atoms with van der Waals surface area (Å²) in [6.07, 6.45) is 6.58. The largest absolute Gasteiger partial charge is 0.256 e. The van der Waals surface area contributed by atoms with Gasteiger partial charge in [-0.1, -0.05) is 115 Å². The van der Waals surface area contributed by atoms with Gasteiger partial charge in [0.25, 0.3) is 0 Å². The second-order valence-corrected chi connectivity index (χ2v) is 11.4. The van der Waals surface area contributed by atoms with Crippen LogP contribution in [0.1, 0.15) is 11.1 Å². The molecule has 6 rings (SSSR count). The van der Waals surface area contributed by atoms with E-state index < -0.39 is 6.89 Å². The highest BCUT2D eigenvalue weighted by molar-refractivity contribution is 7.96. The van der Waals surface area contributed by atoms with Crippen LogP contribution in [0.25, 0.3) is 6.08 Å². The lowest BCUT2D eigenvalue weighted by atomic mass is 10.0. The summed E-state index contributed by atoms with van der Waals surface area (Å²) >= 11 is 0. The molecule has 0 bridgehead atoms. The summed E-state index contributed by atoms with van der Waals surface area (Å²) in [6, 6.07) is 41.6. The van der Waals surface area contributed by atoms with Crippen molar-refractivity contribution in [3.63, 3.8) is 0 Å². The fourth-order valence-electron chi connectivity index (χ4n) is 4.93. The second-order valence-electron chi connectivity index (χ2n) is 8.00. The van der Waals surface area contributed by atoms with E-state index in [-0.39, 0.29) is 0 Å². The third kappa shape index (κ3) is 2.83. The van der Waals surface area contributed by atoms with Gasteiger partial charge in [0.15, 0.2) is 0 Å². The monoisotopic (exact) mass is 427 g/mol. The molecule has 0 saturated carbocycles. The van der Waals surface area contributed by atoms with Crippen LogP contribution in [0.3, 0.4) is 0 Å². The number of fused-ring (bicyclic) bond motifs is 3. The lowest BCUT2D eigenvalue weighted by molar-refractivity contribution is 1.52. The standard InChI is InChI=1S/C30H22NP/c1-4-13-24(14-5-1)32(25-15-6-2-7-16-25,26-17-8-3-9-18-26)29-20-21-31-30-27-19-11-10-12-23(27)22-28(29)30/h1-22H. The second kappa shape index (κ2) is 7.79. The number of allylic oxidation sites excluding steroid dienone is 2. The van der Waals surface area contributed by atoms with Crippen LogP contribution in [0.4, 0.5) is 0 Å². The molecule has 0 radical (unpaired) electrons. The Morgan fingerprint density at radius 2 is 1.03 bits per heavy atom. The maximum absolute atomic E-state index is 4.84. The Morgan fingerprint density at radius 3 is 1.59 bits per heavy atom. The molecule has 0 N–H and O–H groups in total. The zero-order valence-electron chi connectivity index (χ0n) is 17.6. The SMILES string of the molecule is C1=CC(=P(c2ccccc2)(c2ccccc2)c2ccccc2)C2=Cc3ccccc3C2=N1. The summed E-state index contributed by atoms with van der Waals surface area (Å²) in [4.78, 5) is 4.84. The molecule has 0 spiro atoms. The number of nitrogens with zero attached hydrogens (tertiary/aromatic N) is 1. The fraction of sp³-hybridized carbons (Fsp3) is 0. The predicted octanol–water partition coefficient (Wildman–Crippen LogP) is 5.57. The summed E-state index contributed by atoms with van der Waals surface area (Å²) in [6.45, 7) is -2.15. The Morgan fingerprint density at radius 1 is 0.531 bits per heavy atom. The first-order valence-electron chi connectivity index (χ1n) is 10.9. The van der Waals surface area contributed by atoms with Crippen molar-refractivity contribution in [3.8, 4) is 0 Å². The summed E-state index contributed by atoms with van der Waals surface area (Å²) in [5, 5.41) is 5.43. The first kappa shape index (κ1) is 19.0. The average molecular weight is 427 g/mol. The highest BCUT2D eigenvalue weighted by atomic mass is 31.2. The van der Waals surface area contributed by atoms with E-state index in [4.69, 9.17) is 4.99 Å². The molecule has 32 heavy (non-hydrogen) atoms. The normalized spacial score (nSPS) is 14.4. The molecule has 152 valence electrons. The lowest BCUT2D eigenvalue weighted by Crippen LogP contribution is -2.32. The van der Waals surface area contributed by atoms with Gasteiger partial charge in [-0.25, -0.2) is 0 Å². The molecule has 2 heteroatoms. The number of benzene rings is 4. The number of hydrogen-bond donors (Lipinski definition) is 0. The first-order valence-corrected chi connectivity index (χ1v) is 12.7. The summed E-state index contributed by atoms with van der Waals surface area (Å²) in [7, 11) is 0. The van der Waals surface area contributed by atoms with E-state index in [1.807, 2.05) is 6.20 Å². The van der Waals surface area contributed by atoms with Gasteiger partial charge in [0, 0.05) is 17.3 Å². The molecule has 1 heterocycles. The van der Waals surface area contributed by atoms with Crippen LogP contribution in [-0.2, 0) is 0 Å². The van der Waals surface area contributed by atoms with Crippen LogP contribution < -0.4 is 15.9 Å². The van der Waals surface area contributed by atoms with Gasteiger partial charge in [0.2, 0.25) is 0 Å². The molecule has 1 aliphatic carbocycles. The van der Waals surface area contributed by atoms with Gasteiger partial charge >= 0.3 is 0 Å². The topological polar surface area (TPSA) is 12.4 Å². The molecule has 2 aliphatic rings. The fourth-order valence-corrected chi connectivity index (χ4v) is 9.33. The van der Waals surface area contributed by atoms with Crippen molar-refractivity contribution in [2.24, 2.45) is 4.99 Å². The zero-order valence-corrected chi connectivity index (χ0v) is 18.5. The smallest absolute Gasteiger partial charge is 0.0787 e. The third-order valence-corrected chi connectivity index (χ3v) is 10.6. The van der Waals surface area contributed by atoms with Crippen molar-refractivity contribution in [2.75, 3.05) is 0 Å². The van der Waals surface area contributed by atoms with E-state index in [9.17, 15) is 0 Å². The van der Waals surface area contributed by atoms with Crippen LogP contribution in [0.5, 0.6) is 0 Å². The number of rotatable bonds is 3. The van der Waals surface area contributed by atoms with Crippen molar-refractivity contribution in [1.29, 1.82) is 0 Å². The van der Waals surface area contributed by atoms with E-state index in [0.717, 1.165) is 5.71 Å². The van der Waals surface area contributed by atoms with E-state index in [1.165, 1.54) is 37.9 Å². The van der Waals surface area contributed by atoms with Gasteiger partial charge in [-0.15, -0.1) is 0 Å². The minimum absolute atomic E-state index is 1.09. The van der Waals surface area contributed by atoms with Crippen LogP contribution in [-0.4, -0.2) is 11.0 Å². The maximum atomic E-state index is 4.84. The van der Waals surface area contributed by atoms with Gasteiger partial charge in [0.05, 0.1) is 5.71 Å². The van der Waals surface area contributed by atoms with E-state index in [2.05, 4.69) is 127 Å². The van der Waals surface area contributed by atoms with Crippen LogP contribution >= 0.6 is 6.89 Å². The van der Waals surface area contributed by atoms with Crippen molar-refractivity contribution >= 4 is 39.9 Å². The van der Waals surface area contributed by atoms with Crippen molar-refractivity contribution in [2.45, 2.75) is 0 Å². The Kier molecular flexibility index (Phi) is 4.63. The quantitative estimate of drug-likeness (QED) is 0.379. The predicted molar refractivity (Wildman–Crippen MR) is 140 cm³/mol. The van der Waals surface area contributed by atoms with Gasteiger partial charge < -0.3 is 0 Å². The number of hydrogen-bond acceptors (Lipinski definition) is 1. The van der Waals surface area contributed by atoms with E-state index in [1.54, 1.807) is 0 Å². The van der Waals surface area contributed by atoms with Gasteiger partial charge in [-0.3, -0.25) is 4.99 Å². The Hall–Kier alpha value is -3.67. The number of aliphatic imine (C=N–C) groups is 1. The minimum atomic E-state index is -2.15. The third-order valence-electron chi connectivity index (χ3n) is 6.27. The molecular formula is C30H22NP. The average Bonchev–Trinajstić information content (AvgIpc) is 3.26. The molecule has 1 nitrogen and oxygen atoms in total. The van der Waals surface area contributed by atoms with Crippen molar-refractivity contribution in [3.05, 3.63) is 144 Å². The highest BCUT2D eigenvalue weighted by Gasteiger charge is 2.34. The minimum Gasteiger partial charge on any atom is -0.256 e. The highest BCUT2D eigenvalue weighted by Crippen LogP contribution is 2.50. The molecule has 0 saturated heterocycles. The zero-order chi connectivity index (χ0) is 21.4. The summed E-state index contributed by atoms with van der Waals surface area (Å²) in [5.74, 6) is 0. The molecule has 0 fully saturated rings. The van der Waals surface area contributed by atoms with Crippen LogP contribution in [0, 0.1) is 0 Å². The first-order chi connectivity index (χ1) is 15.9. The van der Waals surface area contributed by atoms with Gasteiger partial charge in [-0.05, 0) is 45.8 Å². The molecule has 4 aromatic carbocycles. The summed E-state index contributed by atoms with van der Waals surface area (Å²) in [5.41, 5.74) is 4.80. The maximum Gasteiger partial charge on any atom is 0.0787 e. The molecular weight excluding hydrogens is 405 g/mol. The van der Waals surface area contributed by atoms with Crippen molar-refractivity contribution < 1.29 is 0 Å².